The average Bonchev–Trinajstić information content (AvgIpc) is 3.12. The summed E-state index contributed by atoms with van der Waals surface area (Å²) in [5, 5.41) is 14.4. The molecule has 0 aliphatic rings. The summed E-state index contributed by atoms with van der Waals surface area (Å²) in [6.45, 7) is 0. The molecule has 0 bridgehead atoms. The van der Waals surface area contributed by atoms with Gasteiger partial charge in [0.2, 0.25) is 0 Å². The van der Waals surface area contributed by atoms with Crippen molar-refractivity contribution >= 4 is 40.1 Å². The van der Waals surface area contributed by atoms with Crippen molar-refractivity contribution in [2.24, 2.45) is 0 Å². The summed E-state index contributed by atoms with van der Waals surface area (Å²) in [6, 6.07) is 20.7. The second-order valence-corrected chi connectivity index (χ2v) is 7.01. The minimum Gasteiger partial charge on any atom is -0.333 e. The van der Waals surface area contributed by atoms with E-state index in [0.717, 1.165) is 21.1 Å². The fourth-order valence-corrected chi connectivity index (χ4v) is 3.46. The van der Waals surface area contributed by atoms with Crippen molar-refractivity contribution in [1.29, 1.82) is 0 Å². The number of hydrogen-bond acceptors (Lipinski definition) is 5. The number of nitrogens with one attached hydrogen (secondary N) is 2. The molecule has 4 aromatic rings. The summed E-state index contributed by atoms with van der Waals surface area (Å²) in [5.74, 6) is -0.401. The van der Waals surface area contributed by atoms with E-state index in [9.17, 15) is 14.9 Å². The Kier molecular flexibility index (Phi) is 4.77. The molecule has 0 saturated heterocycles. The first-order chi connectivity index (χ1) is 13.6. The van der Waals surface area contributed by atoms with Gasteiger partial charge in [-0.05, 0) is 42.5 Å². The van der Waals surface area contributed by atoms with Crippen LogP contribution in [0.2, 0.25) is 0 Å². The number of nitrogens with zero attached hydrogens (tertiary/aromatic N) is 2. The Morgan fingerprint density at radius 2 is 1.82 bits per heavy atom. The lowest BCUT2D eigenvalue weighted by molar-refractivity contribution is -0.384. The van der Waals surface area contributed by atoms with Crippen LogP contribution in [0.5, 0.6) is 0 Å². The molecule has 1 amide bonds. The Morgan fingerprint density at radius 1 is 1.04 bits per heavy atom. The van der Waals surface area contributed by atoms with Crippen molar-refractivity contribution in [3.8, 4) is 0 Å². The number of fused-ring (bicyclic) bond motifs is 1. The Morgan fingerprint density at radius 3 is 2.57 bits per heavy atom. The number of aromatic nitrogens is 2. The Hall–Kier alpha value is -3.65. The second-order valence-electron chi connectivity index (χ2n) is 5.95. The van der Waals surface area contributed by atoms with Crippen LogP contribution in [0.15, 0.2) is 82.8 Å². The zero-order valence-corrected chi connectivity index (χ0v) is 15.3. The summed E-state index contributed by atoms with van der Waals surface area (Å²) >= 11 is 1.49. The molecule has 1 aromatic heterocycles. The molecular weight excluding hydrogens is 376 g/mol. The molecule has 0 saturated carbocycles. The number of non-ortho nitro benzene ring substituents is 1. The Labute approximate surface area is 164 Å². The number of H-pyrrole nitrogens is 1. The lowest BCUT2D eigenvalue weighted by Gasteiger charge is -2.06. The molecule has 2 N–H and O–H groups in total. The maximum Gasteiger partial charge on any atom is 0.270 e. The second kappa shape index (κ2) is 7.53. The Bertz CT molecular complexity index is 1140. The first-order valence-electron chi connectivity index (χ1n) is 8.37. The third-order valence-corrected chi connectivity index (χ3v) is 4.91. The molecule has 28 heavy (non-hydrogen) atoms. The molecule has 0 atom stereocenters. The van der Waals surface area contributed by atoms with Crippen molar-refractivity contribution in [1.82, 2.24) is 9.97 Å². The van der Waals surface area contributed by atoms with E-state index in [2.05, 4.69) is 15.3 Å². The van der Waals surface area contributed by atoms with Crippen LogP contribution in [0.25, 0.3) is 11.0 Å². The molecule has 0 unspecified atom stereocenters. The molecule has 7 nitrogen and oxygen atoms in total. The molecular formula is C20H14N4O3S. The maximum absolute atomic E-state index is 12.3. The monoisotopic (exact) mass is 390 g/mol. The van der Waals surface area contributed by atoms with Gasteiger partial charge in [-0.2, -0.15) is 0 Å². The van der Waals surface area contributed by atoms with E-state index >= 15 is 0 Å². The number of imidazole rings is 1. The third-order valence-electron chi connectivity index (χ3n) is 4.01. The molecule has 1 heterocycles. The van der Waals surface area contributed by atoms with Gasteiger partial charge in [0.25, 0.3) is 11.6 Å². The zero-order valence-electron chi connectivity index (χ0n) is 14.5. The number of benzene rings is 3. The van der Waals surface area contributed by atoms with Gasteiger partial charge in [0, 0.05) is 28.3 Å². The van der Waals surface area contributed by atoms with Gasteiger partial charge in [-0.25, -0.2) is 4.98 Å². The number of carbonyl (C=O) groups is 1. The number of anilines is 1. The summed E-state index contributed by atoms with van der Waals surface area (Å²) < 4.78 is 0. The minimum absolute atomic E-state index is 0.120. The molecule has 0 fully saturated rings. The summed E-state index contributed by atoms with van der Waals surface area (Å²) in [5.41, 5.74) is 2.60. The minimum atomic E-state index is -0.527. The van der Waals surface area contributed by atoms with Gasteiger partial charge in [0.1, 0.15) is 0 Å². The predicted molar refractivity (Wildman–Crippen MR) is 108 cm³/mol. The van der Waals surface area contributed by atoms with E-state index in [-0.39, 0.29) is 11.3 Å². The number of nitro groups is 1. The fraction of sp³-hybridized carbons (Fsp3) is 0. The normalized spacial score (nSPS) is 10.7. The third kappa shape index (κ3) is 3.86. The SMILES string of the molecule is O=C(Nc1ccc(Sc2nc3ccccc3[nH]2)cc1)c1cccc([N+](=O)[O-])c1. The lowest BCUT2D eigenvalue weighted by atomic mass is 10.2. The molecule has 0 spiro atoms. The number of aromatic amines is 1. The van der Waals surface area contributed by atoms with Crippen LogP contribution < -0.4 is 5.32 Å². The van der Waals surface area contributed by atoms with Gasteiger partial charge in [0.05, 0.1) is 16.0 Å². The smallest absolute Gasteiger partial charge is 0.270 e. The quantitative estimate of drug-likeness (QED) is 0.374. The highest BCUT2D eigenvalue weighted by Gasteiger charge is 2.12. The van der Waals surface area contributed by atoms with Crippen LogP contribution in [-0.4, -0.2) is 20.8 Å². The van der Waals surface area contributed by atoms with Gasteiger partial charge in [-0.1, -0.05) is 30.0 Å². The topological polar surface area (TPSA) is 101 Å². The van der Waals surface area contributed by atoms with E-state index in [1.54, 1.807) is 12.1 Å². The van der Waals surface area contributed by atoms with Crippen molar-refractivity contribution in [3.63, 3.8) is 0 Å². The number of nitro benzene ring substituents is 1. The van der Waals surface area contributed by atoms with E-state index in [1.165, 1.54) is 36.0 Å². The molecule has 0 radical (unpaired) electrons. The largest absolute Gasteiger partial charge is 0.333 e. The van der Waals surface area contributed by atoms with Crippen LogP contribution in [0, 0.1) is 10.1 Å². The van der Waals surface area contributed by atoms with Gasteiger partial charge in [-0.3, -0.25) is 14.9 Å². The predicted octanol–water partition coefficient (Wildman–Crippen LogP) is 4.87. The molecule has 0 aliphatic heterocycles. The lowest BCUT2D eigenvalue weighted by Crippen LogP contribution is -2.11. The molecule has 3 aromatic carbocycles. The highest BCUT2D eigenvalue weighted by molar-refractivity contribution is 7.99. The molecule has 8 heteroatoms. The van der Waals surface area contributed by atoms with Crippen molar-refractivity contribution in [3.05, 3.63) is 88.5 Å². The summed E-state index contributed by atoms with van der Waals surface area (Å²) in [4.78, 5) is 31.4. The maximum atomic E-state index is 12.3. The standard InChI is InChI=1S/C20H14N4O3S/c25-19(13-4-3-5-15(12-13)24(26)27)21-14-8-10-16(11-9-14)28-20-22-17-6-1-2-7-18(17)23-20/h1-12H,(H,21,25)(H,22,23). The average molecular weight is 390 g/mol. The van der Waals surface area contributed by atoms with Crippen LogP contribution >= 0.6 is 11.8 Å². The summed E-state index contributed by atoms with van der Waals surface area (Å²) in [6.07, 6.45) is 0. The molecule has 138 valence electrons. The Balaban J connectivity index is 1.45. The van der Waals surface area contributed by atoms with Gasteiger partial charge in [-0.15, -0.1) is 0 Å². The van der Waals surface area contributed by atoms with Crippen LogP contribution in [0.1, 0.15) is 10.4 Å². The van der Waals surface area contributed by atoms with E-state index in [4.69, 9.17) is 0 Å². The van der Waals surface area contributed by atoms with Gasteiger partial charge in [0.15, 0.2) is 5.16 Å². The highest BCUT2D eigenvalue weighted by Crippen LogP contribution is 2.28. The summed E-state index contributed by atoms with van der Waals surface area (Å²) in [7, 11) is 0. The number of para-hydroxylation sites is 2. The zero-order chi connectivity index (χ0) is 19.5. The molecule has 4 rings (SSSR count). The number of hydrogen-bond donors (Lipinski definition) is 2. The van der Waals surface area contributed by atoms with Crippen molar-refractivity contribution in [2.45, 2.75) is 10.1 Å². The van der Waals surface area contributed by atoms with Crippen molar-refractivity contribution in [2.75, 3.05) is 5.32 Å². The van der Waals surface area contributed by atoms with Gasteiger partial charge >= 0.3 is 0 Å². The van der Waals surface area contributed by atoms with Crippen LogP contribution in [0.4, 0.5) is 11.4 Å². The number of amides is 1. The van der Waals surface area contributed by atoms with E-state index < -0.39 is 10.8 Å². The first kappa shape index (κ1) is 17.7. The fourth-order valence-electron chi connectivity index (χ4n) is 2.66. The number of carbonyl (C=O) groups excluding carboxylic acids is 1. The number of rotatable bonds is 5. The van der Waals surface area contributed by atoms with E-state index in [1.807, 2.05) is 36.4 Å². The van der Waals surface area contributed by atoms with Crippen molar-refractivity contribution < 1.29 is 9.72 Å². The van der Waals surface area contributed by atoms with Crippen LogP contribution in [-0.2, 0) is 0 Å². The van der Waals surface area contributed by atoms with Gasteiger partial charge < -0.3 is 10.3 Å². The van der Waals surface area contributed by atoms with E-state index in [0.29, 0.717) is 5.69 Å². The van der Waals surface area contributed by atoms with Crippen LogP contribution in [0.3, 0.4) is 0 Å². The first-order valence-corrected chi connectivity index (χ1v) is 9.18. The molecule has 0 aliphatic carbocycles. The highest BCUT2D eigenvalue weighted by atomic mass is 32.2.